The summed E-state index contributed by atoms with van der Waals surface area (Å²) >= 11 is 0. The maximum Gasteiger partial charge on any atom is 0.535 e. The van der Waals surface area contributed by atoms with Crippen LogP contribution in [0.2, 0.25) is 0 Å². The first-order valence-electron chi connectivity index (χ1n) is 6.75. The minimum atomic E-state index is -1.00. The molecule has 1 N–H and O–H groups in total. The van der Waals surface area contributed by atoms with E-state index in [-0.39, 0.29) is 23.2 Å². The lowest BCUT2D eigenvalue weighted by atomic mass is 10.2. The molecule has 0 bridgehead atoms. The maximum absolute atomic E-state index is 11.5. The molecule has 122 valence electrons. The highest BCUT2D eigenvalue weighted by Gasteiger charge is 2.36. The summed E-state index contributed by atoms with van der Waals surface area (Å²) in [6.07, 6.45) is 0.305. The molecule has 0 fully saturated rings. The van der Waals surface area contributed by atoms with E-state index in [1.807, 2.05) is 19.7 Å². The summed E-state index contributed by atoms with van der Waals surface area (Å²) in [5.41, 5.74) is -0.520. The molecule has 0 aromatic rings. The van der Waals surface area contributed by atoms with Gasteiger partial charge in [-0.15, -0.1) is 0 Å². The Bertz CT molecular complexity index is 670. The molecule has 0 atom stereocenters. The number of nitrogens with zero attached hydrogens (tertiary/aromatic N) is 4. The molecule has 0 aromatic carbocycles. The van der Waals surface area contributed by atoms with Crippen LogP contribution in [0.3, 0.4) is 0 Å². The topological polar surface area (TPSA) is 120 Å². The monoisotopic (exact) mass is 320 g/mol. The summed E-state index contributed by atoms with van der Waals surface area (Å²) in [4.78, 5) is 21.1. The number of ether oxygens (including phenoxy) is 1. The number of oxime groups is 1. The fraction of sp³-hybridized carbons (Fsp3) is 0.500. The Labute approximate surface area is 133 Å². The van der Waals surface area contributed by atoms with Gasteiger partial charge in [-0.2, -0.15) is 5.26 Å². The first-order valence-corrected chi connectivity index (χ1v) is 6.75. The molecule has 0 aromatic heterocycles. The van der Waals surface area contributed by atoms with Crippen LogP contribution in [-0.4, -0.2) is 34.3 Å². The van der Waals surface area contributed by atoms with Crippen LogP contribution in [0.25, 0.3) is 0 Å². The van der Waals surface area contributed by atoms with Crippen molar-refractivity contribution < 1.29 is 23.9 Å². The normalized spacial score (nSPS) is 17.3. The third-order valence-electron chi connectivity index (χ3n) is 2.30. The summed E-state index contributed by atoms with van der Waals surface area (Å²) in [6, 6.07) is 1.67. The predicted molar refractivity (Wildman–Crippen MR) is 78.6 cm³/mol. The summed E-state index contributed by atoms with van der Waals surface area (Å²) in [7, 11) is 0. The highest BCUT2D eigenvalue weighted by atomic mass is 16.8. The van der Waals surface area contributed by atoms with Gasteiger partial charge < -0.3 is 4.74 Å². The van der Waals surface area contributed by atoms with Gasteiger partial charge in [-0.05, 0) is 36.5 Å². The number of hydrogen-bond acceptors (Lipinski definition) is 8. The first kappa shape index (κ1) is 18.1. The number of hydrogen-bond donors (Lipinski definition) is 1. The predicted octanol–water partition coefficient (Wildman–Crippen LogP) is 2.65. The van der Waals surface area contributed by atoms with Crippen molar-refractivity contribution in [1.29, 1.82) is 10.7 Å². The van der Waals surface area contributed by atoms with Crippen LogP contribution in [0.5, 0.6) is 0 Å². The Morgan fingerprint density at radius 2 is 2.17 bits per heavy atom. The molecule has 0 amide bonds. The van der Waals surface area contributed by atoms with E-state index in [9.17, 15) is 4.79 Å². The minimum Gasteiger partial charge on any atom is -0.427 e. The zero-order valence-electron chi connectivity index (χ0n) is 13.6. The van der Waals surface area contributed by atoms with E-state index in [0.29, 0.717) is 0 Å². The van der Waals surface area contributed by atoms with E-state index in [0.717, 1.165) is 0 Å². The molecule has 0 saturated heterocycles. The third kappa shape index (κ3) is 5.37. The molecule has 0 spiro atoms. The van der Waals surface area contributed by atoms with Crippen LogP contribution in [0, 0.1) is 16.7 Å². The molecular weight excluding hydrogens is 302 g/mol. The van der Waals surface area contributed by atoms with Crippen LogP contribution in [0.15, 0.2) is 27.8 Å². The van der Waals surface area contributed by atoms with Crippen molar-refractivity contribution >= 4 is 17.9 Å². The van der Waals surface area contributed by atoms with Crippen LogP contribution in [-0.2, 0) is 14.4 Å². The quantitative estimate of drug-likeness (QED) is 0.214. The van der Waals surface area contributed by atoms with Gasteiger partial charge in [-0.1, -0.05) is 0 Å². The Morgan fingerprint density at radius 3 is 2.65 bits per heavy atom. The van der Waals surface area contributed by atoms with Crippen molar-refractivity contribution in [2.75, 3.05) is 0 Å². The second-order valence-electron chi connectivity index (χ2n) is 5.74. The molecule has 0 saturated carbocycles. The van der Waals surface area contributed by atoms with Crippen LogP contribution >= 0.6 is 0 Å². The molecular formula is C14H18N5O4+. The molecule has 0 unspecified atom stereocenters. The first-order chi connectivity index (χ1) is 10.7. The van der Waals surface area contributed by atoms with Gasteiger partial charge in [0.2, 0.25) is 5.28 Å². The van der Waals surface area contributed by atoms with Crippen molar-refractivity contribution in [2.45, 2.75) is 46.3 Å². The summed E-state index contributed by atoms with van der Waals surface area (Å²) in [6.45, 7) is 8.71. The fourth-order valence-corrected chi connectivity index (χ4v) is 1.42. The van der Waals surface area contributed by atoms with Gasteiger partial charge in [0.1, 0.15) is 17.2 Å². The Hall–Kier alpha value is -2.98. The second-order valence-corrected chi connectivity index (χ2v) is 5.74. The lowest BCUT2D eigenvalue weighted by molar-refractivity contribution is -0.577. The fourth-order valence-electron chi connectivity index (χ4n) is 1.42. The van der Waals surface area contributed by atoms with Gasteiger partial charge in [0.25, 0.3) is 0 Å². The molecule has 0 aliphatic carbocycles. The smallest absolute Gasteiger partial charge is 0.427 e. The van der Waals surface area contributed by atoms with E-state index >= 15 is 0 Å². The van der Waals surface area contributed by atoms with Crippen molar-refractivity contribution in [3.8, 4) is 6.07 Å². The molecule has 1 heterocycles. The average Bonchev–Trinajstić information content (AvgIpc) is 2.83. The van der Waals surface area contributed by atoms with Gasteiger partial charge in [0, 0.05) is 19.9 Å². The Kier molecular flexibility index (Phi) is 5.76. The maximum atomic E-state index is 11.5. The van der Waals surface area contributed by atoms with Crippen molar-refractivity contribution in [2.24, 2.45) is 10.4 Å². The molecule has 1 aliphatic rings. The van der Waals surface area contributed by atoms with E-state index in [4.69, 9.17) is 20.2 Å². The average molecular weight is 320 g/mol. The molecule has 1 aliphatic heterocycles. The van der Waals surface area contributed by atoms with Crippen LogP contribution < -0.4 is 0 Å². The highest BCUT2D eigenvalue weighted by molar-refractivity contribution is 5.92. The summed E-state index contributed by atoms with van der Waals surface area (Å²) in [5, 5.41) is 23.2. The molecule has 9 nitrogen and oxygen atoms in total. The number of allylic oxidation sites excluding steroid dienone is 2. The lowest BCUT2D eigenvalue weighted by Crippen LogP contribution is -2.24. The van der Waals surface area contributed by atoms with E-state index < -0.39 is 11.8 Å². The Balaban J connectivity index is 3.03. The van der Waals surface area contributed by atoms with Crippen LogP contribution in [0.4, 0.5) is 4.79 Å². The summed E-state index contributed by atoms with van der Waals surface area (Å²) in [5.74, 6) is 1.84. The van der Waals surface area contributed by atoms with E-state index in [1.54, 1.807) is 26.8 Å². The van der Waals surface area contributed by atoms with Gasteiger partial charge >= 0.3 is 17.8 Å². The number of carbonyl (C=O) groups is 1. The highest BCUT2D eigenvalue weighted by Crippen LogP contribution is 2.17. The zero-order valence-corrected chi connectivity index (χ0v) is 13.6. The standard InChI is InChI=1S/C14H18N5O4/c1-9(2)19-11(6-10(7-15)8-16)12(22-18-19)17-23-13(20)21-14(3,4)5/h6,9,15H,1-5H3/q+1/b11-6+,17-12-. The SMILES string of the molecule is CC(C)[N+]1=NOC(=N\OC(=O)OC(C)(C)C)/C1=C\C(=C=N)C#N. The van der Waals surface area contributed by atoms with Gasteiger partial charge in [-0.25, -0.2) is 4.79 Å². The number of rotatable bonds is 3. The second kappa shape index (κ2) is 7.33. The van der Waals surface area contributed by atoms with Gasteiger partial charge in [0.05, 0.1) is 0 Å². The van der Waals surface area contributed by atoms with Crippen molar-refractivity contribution in [3.05, 3.63) is 17.3 Å². The minimum absolute atomic E-state index is 0.0590. The number of nitriles is 1. The van der Waals surface area contributed by atoms with Crippen LogP contribution in [0.1, 0.15) is 34.6 Å². The molecule has 1 rings (SSSR count). The molecule has 23 heavy (non-hydrogen) atoms. The largest absolute Gasteiger partial charge is 0.535 e. The van der Waals surface area contributed by atoms with E-state index in [1.165, 1.54) is 10.8 Å². The zero-order chi connectivity index (χ0) is 17.6. The third-order valence-corrected chi connectivity index (χ3v) is 2.30. The van der Waals surface area contributed by atoms with Gasteiger partial charge in [0.15, 0.2) is 6.04 Å². The molecule has 9 heteroatoms. The summed E-state index contributed by atoms with van der Waals surface area (Å²) < 4.78 is 6.37. The lowest BCUT2D eigenvalue weighted by Gasteiger charge is -2.16. The van der Waals surface area contributed by atoms with E-state index in [2.05, 4.69) is 15.3 Å². The molecule has 0 radical (unpaired) electrons. The van der Waals surface area contributed by atoms with Crippen molar-refractivity contribution in [3.63, 3.8) is 0 Å². The van der Waals surface area contributed by atoms with Gasteiger partial charge in [-0.3, -0.25) is 15.1 Å². The van der Waals surface area contributed by atoms with Crippen molar-refractivity contribution in [1.82, 2.24) is 0 Å². The number of carbonyl (C=O) groups excluding carboxylic acids is 1. The Morgan fingerprint density at radius 1 is 1.52 bits per heavy atom. The number of nitrogens with one attached hydrogen (secondary N) is 1.